The first-order valence-electron chi connectivity index (χ1n) is 10.6. The third-order valence-corrected chi connectivity index (χ3v) is 5.79. The van der Waals surface area contributed by atoms with Crippen molar-refractivity contribution >= 4 is 34.9 Å². The SMILES string of the molecule is CC(=NNc1ccccc1)C1(Cc2ccccc2)C(=O)N(C)C(=O)N(c2ccccc2)C1=O. The standard InChI is InChI=1S/C26H24N4O3/c1-19(27-28-21-14-8-4-9-15-21)26(18-20-12-6-3-7-13-20)23(31)29(2)25(33)30(24(26)32)22-16-10-5-11-17-22/h3-17,28H,18H2,1-2H3. The predicted molar refractivity (Wildman–Crippen MR) is 128 cm³/mol. The van der Waals surface area contributed by atoms with E-state index < -0.39 is 23.3 Å². The quantitative estimate of drug-likeness (QED) is 0.351. The maximum atomic E-state index is 14.0. The molecule has 1 aliphatic rings. The van der Waals surface area contributed by atoms with Crippen molar-refractivity contribution in [3.05, 3.63) is 96.6 Å². The first-order chi connectivity index (χ1) is 15.9. The molecule has 1 fully saturated rings. The number of barbiturate groups is 1. The number of hydrazone groups is 1. The van der Waals surface area contributed by atoms with Crippen LogP contribution >= 0.6 is 0 Å². The monoisotopic (exact) mass is 440 g/mol. The van der Waals surface area contributed by atoms with E-state index in [9.17, 15) is 14.4 Å². The number of urea groups is 1. The van der Waals surface area contributed by atoms with Crippen LogP contribution < -0.4 is 10.3 Å². The topological polar surface area (TPSA) is 82.1 Å². The summed E-state index contributed by atoms with van der Waals surface area (Å²) < 4.78 is 0. The van der Waals surface area contributed by atoms with Crippen molar-refractivity contribution in [2.75, 3.05) is 17.4 Å². The van der Waals surface area contributed by atoms with Gasteiger partial charge in [0.25, 0.3) is 11.8 Å². The number of para-hydroxylation sites is 2. The smallest absolute Gasteiger partial charge is 0.279 e. The van der Waals surface area contributed by atoms with Gasteiger partial charge in [0.1, 0.15) is 0 Å². The van der Waals surface area contributed by atoms with Crippen LogP contribution in [-0.4, -0.2) is 35.5 Å². The summed E-state index contributed by atoms with van der Waals surface area (Å²) in [5.41, 5.74) is 3.40. The summed E-state index contributed by atoms with van der Waals surface area (Å²) in [5, 5.41) is 4.44. The van der Waals surface area contributed by atoms with Gasteiger partial charge in [-0.15, -0.1) is 0 Å². The molecule has 1 heterocycles. The Balaban J connectivity index is 1.85. The molecule has 0 aliphatic carbocycles. The van der Waals surface area contributed by atoms with Crippen LogP contribution in [0, 0.1) is 5.41 Å². The summed E-state index contributed by atoms with van der Waals surface area (Å²) >= 11 is 0. The first kappa shape index (κ1) is 22.0. The highest BCUT2D eigenvalue weighted by Gasteiger charge is 2.59. The van der Waals surface area contributed by atoms with Crippen LogP contribution in [0.2, 0.25) is 0 Å². The number of rotatable bonds is 6. The number of carbonyl (C=O) groups excluding carboxylic acids is 3. The molecule has 0 saturated carbocycles. The maximum Gasteiger partial charge on any atom is 0.337 e. The van der Waals surface area contributed by atoms with Crippen LogP contribution in [0.15, 0.2) is 96.1 Å². The van der Waals surface area contributed by atoms with Crippen molar-refractivity contribution in [2.45, 2.75) is 13.3 Å². The number of hydrogen-bond donors (Lipinski definition) is 1. The number of benzene rings is 3. The average molecular weight is 441 g/mol. The average Bonchev–Trinajstić information content (AvgIpc) is 2.86. The molecule has 166 valence electrons. The Bertz CT molecular complexity index is 1200. The molecule has 1 atom stereocenters. The summed E-state index contributed by atoms with van der Waals surface area (Å²) in [6, 6.07) is 26.4. The fourth-order valence-corrected chi connectivity index (χ4v) is 3.94. The molecule has 0 radical (unpaired) electrons. The zero-order chi connectivity index (χ0) is 23.4. The second-order valence-corrected chi connectivity index (χ2v) is 7.87. The van der Waals surface area contributed by atoms with Crippen LogP contribution in [0.25, 0.3) is 0 Å². The van der Waals surface area contributed by atoms with E-state index in [0.717, 1.165) is 15.4 Å². The number of imide groups is 2. The Morgan fingerprint density at radius 3 is 1.97 bits per heavy atom. The fourth-order valence-electron chi connectivity index (χ4n) is 3.94. The molecule has 7 heteroatoms. The van der Waals surface area contributed by atoms with Gasteiger partial charge < -0.3 is 0 Å². The molecule has 3 aromatic rings. The lowest BCUT2D eigenvalue weighted by Gasteiger charge is -2.42. The van der Waals surface area contributed by atoms with Crippen LogP contribution in [0.3, 0.4) is 0 Å². The highest BCUT2D eigenvalue weighted by Crippen LogP contribution is 2.37. The second kappa shape index (κ2) is 9.08. The molecule has 1 aliphatic heterocycles. The summed E-state index contributed by atoms with van der Waals surface area (Å²) in [5.74, 6) is -1.23. The van der Waals surface area contributed by atoms with Crippen molar-refractivity contribution in [3.63, 3.8) is 0 Å². The number of anilines is 2. The molecule has 7 nitrogen and oxygen atoms in total. The lowest BCUT2D eigenvalue weighted by Crippen LogP contribution is -2.67. The predicted octanol–water partition coefficient (Wildman–Crippen LogP) is 4.33. The number of nitrogens with zero attached hydrogens (tertiary/aromatic N) is 3. The van der Waals surface area contributed by atoms with Gasteiger partial charge in [-0.25, -0.2) is 9.69 Å². The normalized spacial score (nSPS) is 19.1. The third-order valence-electron chi connectivity index (χ3n) is 5.79. The Hall–Kier alpha value is -4.26. The molecule has 33 heavy (non-hydrogen) atoms. The lowest BCUT2D eigenvalue weighted by molar-refractivity contribution is -0.144. The minimum Gasteiger partial charge on any atom is -0.279 e. The van der Waals surface area contributed by atoms with Gasteiger partial charge in [-0.2, -0.15) is 5.10 Å². The van der Waals surface area contributed by atoms with Crippen LogP contribution in [-0.2, 0) is 16.0 Å². The van der Waals surface area contributed by atoms with Crippen molar-refractivity contribution in [3.8, 4) is 0 Å². The van der Waals surface area contributed by atoms with Crippen molar-refractivity contribution in [1.29, 1.82) is 0 Å². The van der Waals surface area contributed by atoms with Crippen molar-refractivity contribution < 1.29 is 14.4 Å². The van der Waals surface area contributed by atoms with Crippen molar-refractivity contribution in [1.82, 2.24) is 4.90 Å². The summed E-state index contributed by atoms with van der Waals surface area (Å²) in [6.45, 7) is 1.64. The molecule has 0 bridgehead atoms. The summed E-state index contributed by atoms with van der Waals surface area (Å²) in [4.78, 5) is 42.8. The molecule has 4 amide bonds. The van der Waals surface area contributed by atoms with E-state index >= 15 is 0 Å². The molecule has 4 rings (SSSR count). The Morgan fingerprint density at radius 1 is 0.818 bits per heavy atom. The van der Waals surface area contributed by atoms with Gasteiger partial charge in [-0.1, -0.05) is 66.7 Å². The van der Waals surface area contributed by atoms with Gasteiger partial charge in [0.2, 0.25) is 0 Å². The van der Waals surface area contributed by atoms with Crippen LogP contribution in [0.1, 0.15) is 12.5 Å². The molecule has 0 spiro atoms. The van der Waals surface area contributed by atoms with Crippen LogP contribution in [0.4, 0.5) is 16.2 Å². The Kier molecular flexibility index (Phi) is 6.04. The van der Waals surface area contributed by atoms with Crippen molar-refractivity contribution in [2.24, 2.45) is 10.5 Å². The Morgan fingerprint density at radius 2 is 1.36 bits per heavy atom. The molecular formula is C26H24N4O3. The van der Waals surface area contributed by atoms with Gasteiger partial charge in [0.05, 0.1) is 17.1 Å². The largest absolute Gasteiger partial charge is 0.337 e. The van der Waals surface area contributed by atoms with Gasteiger partial charge >= 0.3 is 6.03 Å². The number of carbonyl (C=O) groups is 3. The second-order valence-electron chi connectivity index (χ2n) is 7.87. The minimum atomic E-state index is -1.69. The van der Waals surface area contributed by atoms with E-state index in [1.165, 1.54) is 7.05 Å². The fraction of sp³-hybridized carbons (Fsp3) is 0.154. The molecule has 1 unspecified atom stereocenters. The molecule has 3 aromatic carbocycles. The van der Waals surface area contributed by atoms with E-state index in [4.69, 9.17) is 0 Å². The zero-order valence-electron chi connectivity index (χ0n) is 18.4. The molecule has 1 N–H and O–H groups in total. The first-order valence-corrected chi connectivity index (χ1v) is 10.6. The highest BCUT2D eigenvalue weighted by molar-refractivity contribution is 6.38. The number of nitrogens with one attached hydrogen (secondary N) is 1. The Labute approximate surface area is 192 Å². The highest BCUT2D eigenvalue weighted by atomic mass is 16.2. The lowest BCUT2D eigenvalue weighted by atomic mass is 9.73. The zero-order valence-corrected chi connectivity index (χ0v) is 18.4. The molecule has 1 saturated heterocycles. The third kappa shape index (κ3) is 4.01. The van der Waals surface area contributed by atoms with E-state index in [-0.39, 0.29) is 12.1 Å². The minimum absolute atomic E-state index is 0.0677. The number of amides is 4. The van der Waals surface area contributed by atoms with Gasteiger partial charge in [-0.05, 0) is 36.8 Å². The van der Waals surface area contributed by atoms with E-state index in [1.54, 1.807) is 37.3 Å². The summed E-state index contributed by atoms with van der Waals surface area (Å²) in [6.07, 6.45) is 0.0677. The summed E-state index contributed by atoms with van der Waals surface area (Å²) in [7, 11) is 1.39. The maximum absolute atomic E-state index is 14.0. The van der Waals surface area contributed by atoms with Crippen LogP contribution in [0.5, 0.6) is 0 Å². The molecule has 0 aromatic heterocycles. The molecular weight excluding hydrogens is 416 g/mol. The van der Waals surface area contributed by atoms with Gasteiger partial charge in [-0.3, -0.25) is 19.9 Å². The van der Waals surface area contributed by atoms with Gasteiger partial charge in [0.15, 0.2) is 5.41 Å². The van der Waals surface area contributed by atoms with Gasteiger partial charge in [0, 0.05) is 13.5 Å². The van der Waals surface area contributed by atoms with E-state index in [2.05, 4.69) is 10.5 Å². The number of hydrogen-bond acceptors (Lipinski definition) is 5. The van der Waals surface area contributed by atoms with E-state index in [1.807, 2.05) is 60.7 Å². The van der Waals surface area contributed by atoms with E-state index in [0.29, 0.717) is 11.4 Å².